The molecule has 106 valence electrons. The fourth-order valence-electron chi connectivity index (χ4n) is 2.36. The lowest BCUT2D eigenvalue weighted by Crippen LogP contribution is -2.09. The second-order valence-corrected chi connectivity index (χ2v) is 5.38. The summed E-state index contributed by atoms with van der Waals surface area (Å²) in [5.41, 5.74) is 3.78. The van der Waals surface area contributed by atoms with Crippen molar-refractivity contribution < 1.29 is 4.74 Å². The van der Waals surface area contributed by atoms with Gasteiger partial charge in [0.25, 0.3) is 0 Å². The second-order valence-electron chi connectivity index (χ2n) is 5.38. The first-order valence-corrected chi connectivity index (χ1v) is 7.11. The SMILES string of the molecule is COc1cccc(C(C)Nc2ccccc2C(C)C)c1. The fraction of sp³-hybridized carbons (Fsp3) is 0.333. The van der Waals surface area contributed by atoms with Crippen LogP contribution in [0.3, 0.4) is 0 Å². The van der Waals surface area contributed by atoms with E-state index in [0.29, 0.717) is 5.92 Å². The molecule has 2 aromatic carbocycles. The van der Waals surface area contributed by atoms with Crippen LogP contribution in [0.25, 0.3) is 0 Å². The predicted molar refractivity (Wildman–Crippen MR) is 85.6 cm³/mol. The molecular weight excluding hydrogens is 246 g/mol. The molecule has 2 rings (SSSR count). The van der Waals surface area contributed by atoms with E-state index >= 15 is 0 Å². The van der Waals surface area contributed by atoms with Gasteiger partial charge in [-0.3, -0.25) is 0 Å². The summed E-state index contributed by atoms with van der Waals surface area (Å²) in [6, 6.07) is 16.9. The molecule has 0 spiro atoms. The average molecular weight is 269 g/mol. The molecule has 0 heterocycles. The van der Waals surface area contributed by atoms with Crippen molar-refractivity contribution in [2.24, 2.45) is 0 Å². The average Bonchev–Trinajstić information content (AvgIpc) is 2.47. The first-order chi connectivity index (χ1) is 9.61. The quantitative estimate of drug-likeness (QED) is 0.825. The van der Waals surface area contributed by atoms with E-state index in [1.807, 2.05) is 12.1 Å². The van der Waals surface area contributed by atoms with Gasteiger partial charge in [-0.25, -0.2) is 0 Å². The first-order valence-electron chi connectivity index (χ1n) is 7.11. The maximum atomic E-state index is 5.29. The van der Waals surface area contributed by atoms with Crippen molar-refractivity contribution in [2.75, 3.05) is 12.4 Å². The van der Waals surface area contributed by atoms with Gasteiger partial charge in [-0.05, 0) is 42.2 Å². The Labute approximate surface area is 121 Å². The molecule has 1 N–H and O–H groups in total. The highest BCUT2D eigenvalue weighted by Gasteiger charge is 2.10. The topological polar surface area (TPSA) is 21.3 Å². The Balaban J connectivity index is 2.21. The minimum atomic E-state index is 0.241. The van der Waals surface area contributed by atoms with Gasteiger partial charge in [0.1, 0.15) is 5.75 Å². The van der Waals surface area contributed by atoms with E-state index in [-0.39, 0.29) is 6.04 Å². The summed E-state index contributed by atoms with van der Waals surface area (Å²) in [6.07, 6.45) is 0. The van der Waals surface area contributed by atoms with Gasteiger partial charge in [0.2, 0.25) is 0 Å². The molecule has 2 heteroatoms. The number of hydrogen-bond donors (Lipinski definition) is 1. The zero-order chi connectivity index (χ0) is 14.5. The third-order valence-electron chi connectivity index (χ3n) is 3.55. The molecule has 0 aliphatic rings. The van der Waals surface area contributed by atoms with Crippen LogP contribution in [-0.4, -0.2) is 7.11 Å². The Morgan fingerprint density at radius 1 is 0.950 bits per heavy atom. The molecule has 0 saturated heterocycles. The molecule has 0 amide bonds. The van der Waals surface area contributed by atoms with E-state index in [0.717, 1.165) is 5.75 Å². The summed E-state index contributed by atoms with van der Waals surface area (Å²) in [4.78, 5) is 0. The van der Waals surface area contributed by atoms with Crippen LogP contribution in [0.4, 0.5) is 5.69 Å². The third-order valence-corrected chi connectivity index (χ3v) is 3.55. The standard InChI is InChI=1S/C18H23NO/c1-13(2)17-10-5-6-11-18(17)19-14(3)15-8-7-9-16(12-15)20-4/h5-14,19H,1-4H3. The molecule has 2 nitrogen and oxygen atoms in total. The van der Waals surface area contributed by atoms with Crippen LogP contribution < -0.4 is 10.1 Å². The summed E-state index contributed by atoms with van der Waals surface area (Å²) in [5, 5.41) is 3.60. The summed E-state index contributed by atoms with van der Waals surface area (Å²) < 4.78 is 5.29. The van der Waals surface area contributed by atoms with Gasteiger partial charge in [0, 0.05) is 11.7 Å². The van der Waals surface area contributed by atoms with Crippen LogP contribution in [-0.2, 0) is 0 Å². The van der Waals surface area contributed by atoms with Gasteiger partial charge in [-0.15, -0.1) is 0 Å². The smallest absolute Gasteiger partial charge is 0.119 e. The molecule has 1 atom stereocenters. The lowest BCUT2D eigenvalue weighted by Gasteiger charge is -2.20. The third kappa shape index (κ3) is 3.32. The Bertz CT molecular complexity index is 563. The molecule has 0 saturated carbocycles. The maximum absolute atomic E-state index is 5.29. The van der Waals surface area contributed by atoms with Gasteiger partial charge in [0.15, 0.2) is 0 Å². The second kappa shape index (κ2) is 6.47. The number of benzene rings is 2. The Morgan fingerprint density at radius 3 is 2.40 bits per heavy atom. The minimum absolute atomic E-state index is 0.241. The molecule has 0 fully saturated rings. The lowest BCUT2D eigenvalue weighted by molar-refractivity contribution is 0.414. The van der Waals surface area contributed by atoms with Crippen LogP contribution >= 0.6 is 0 Å². The summed E-state index contributed by atoms with van der Waals surface area (Å²) in [6.45, 7) is 6.61. The molecule has 2 aromatic rings. The lowest BCUT2D eigenvalue weighted by atomic mass is 10.00. The van der Waals surface area contributed by atoms with Crippen molar-refractivity contribution >= 4 is 5.69 Å². The summed E-state index contributed by atoms with van der Waals surface area (Å²) in [5.74, 6) is 1.41. The molecular formula is C18H23NO. The molecule has 0 aliphatic heterocycles. The number of rotatable bonds is 5. The van der Waals surface area contributed by atoms with E-state index < -0.39 is 0 Å². The number of para-hydroxylation sites is 1. The van der Waals surface area contributed by atoms with E-state index in [2.05, 4.69) is 62.5 Å². The van der Waals surface area contributed by atoms with E-state index in [4.69, 9.17) is 4.74 Å². The van der Waals surface area contributed by atoms with Crippen molar-refractivity contribution in [3.63, 3.8) is 0 Å². The van der Waals surface area contributed by atoms with Gasteiger partial charge in [0.05, 0.1) is 7.11 Å². The van der Waals surface area contributed by atoms with E-state index in [9.17, 15) is 0 Å². The van der Waals surface area contributed by atoms with Crippen LogP contribution in [0.1, 0.15) is 43.9 Å². The van der Waals surface area contributed by atoms with Gasteiger partial charge >= 0.3 is 0 Å². The molecule has 0 radical (unpaired) electrons. The fourth-order valence-corrected chi connectivity index (χ4v) is 2.36. The van der Waals surface area contributed by atoms with Crippen molar-refractivity contribution in [1.82, 2.24) is 0 Å². The predicted octanol–water partition coefficient (Wildman–Crippen LogP) is 4.99. The summed E-state index contributed by atoms with van der Waals surface area (Å²) in [7, 11) is 1.70. The Hall–Kier alpha value is -1.96. The Morgan fingerprint density at radius 2 is 1.70 bits per heavy atom. The van der Waals surface area contributed by atoms with E-state index in [1.165, 1.54) is 16.8 Å². The van der Waals surface area contributed by atoms with Crippen molar-refractivity contribution in [1.29, 1.82) is 0 Å². The monoisotopic (exact) mass is 269 g/mol. The zero-order valence-electron chi connectivity index (χ0n) is 12.7. The summed E-state index contributed by atoms with van der Waals surface area (Å²) >= 11 is 0. The largest absolute Gasteiger partial charge is 0.497 e. The maximum Gasteiger partial charge on any atom is 0.119 e. The molecule has 0 bridgehead atoms. The Kier molecular flexibility index (Phi) is 4.67. The number of ether oxygens (including phenoxy) is 1. The molecule has 1 unspecified atom stereocenters. The van der Waals surface area contributed by atoms with Crippen LogP contribution in [0.2, 0.25) is 0 Å². The number of hydrogen-bond acceptors (Lipinski definition) is 2. The van der Waals surface area contributed by atoms with Crippen molar-refractivity contribution in [3.05, 3.63) is 59.7 Å². The molecule has 20 heavy (non-hydrogen) atoms. The molecule has 0 aromatic heterocycles. The number of nitrogens with one attached hydrogen (secondary N) is 1. The minimum Gasteiger partial charge on any atom is -0.497 e. The van der Waals surface area contributed by atoms with Gasteiger partial charge in [-0.1, -0.05) is 44.2 Å². The van der Waals surface area contributed by atoms with Gasteiger partial charge in [-0.2, -0.15) is 0 Å². The van der Waals surface area contributed by atoms with E-state index in [1.54, 1.807) is 7.11 Å². The van der Waals surface area contributed by atoms with Crippen molar-refractivity contribution in [2.45, 2.75) is 32.7 Å². The highest BCUT2D eigenvalue weighted by Crippen LogP contribution is 2.28. The van der Waals surface area contributed by atoms with Crippen molar-refractivity contribution in [3.8, 4) is 5.75 Å². The highest BCUT2D eigenvalue weighted by atomic mass is 16.5. The number of anilines is 1. The van der Waals surface area contributed by atoms with Crippen LogP contribution in [0.15, 0.2) is 48.5 Å². The normalized spacial score (nSPS) is 12.2. The van der Waals surface area contributed by atoms with Crippen LogP contribution in [0.5, 0.6) is 5.75 Å². The zero-order valence-corrected chi connectivity index (χ0v) is 12.7. The van der Waals surface area contributed by atoms with Gasteiger partial charge < -0.3 is 10.1 Å². The van der Waals surface area contributed by atoms with Crippen LogP contribution in [0, 0.1) is 0 Å². The number of methoxy groups -OCH3 is 1. The highest BCUT2D eigenvalue weighted by molar-refractivity contribution is 5.54. The molecule has 0 aliphatic carbocycles. The first kappa shape index (κ1) is 14.4.